The summed E-state index contributed by atoms with van der Waals surface area (Å²) in [5.74, 6) is 1.16. The van der Waals surface area contributed by atoms with Crippen LogP contribution in [0, 0.1) is 5.82 Å². The number of aromatic nitrogens is 1. The van der Waals surface area contributed by atoms with E-state index in [4.69, 9.17) is 14.2 Å². The van der Waals surface area contributed by atoms with Crippen molar-refractivity contribution in [2.45, 2.75) is 0 Å². The van der Waals surface area contributed by atoms with E-state index in [9.17, 15) is 9.18 Å². The van der Waals surface area contributed by atoms with Gasteiger partial charge in [-0.25, -0.2) is 9.37 Å². The number of nitrogens with one attached hydrogen (secondary N) is 2. The Kier molecular flexibility index (Phi) is 6.13. The maximum Gasteiger partial charge on any atom is 0.255 e. The molecule has 7 nitrogen and oxygen atoms in total. The minimum absolute atomic E-state index is 0.227. The SMILES string of the molecule is COc1cc(Nc2ccc(NC(=O)c3cccc(F)c3)cn2)cc(OC)c1OC. The number of pyridine rings is 1. The van der Waals surface area contributed by atoms with Gasteiger partial charge in [0.05, 0.1) is 33.2 Å². The van der Waals surface area contributed by atoms with Gasteiger partial charge in [-0.2, -0.15) is 0 Å². The van der Waals surface area contributed by atoms with Crippen LogP contribution in [0.25, 0.3) is 0 Å². The lowest BCUT2D eigenvalue weighted by atomic mass is 10.2. The monoisotopic (exact) mass is 397 g/mol. The second-order valence-corrected chi connectivity index (χ2v) is 5.94. The van der Waals surface area contributed by atoms with Crippen molar-refractivity contribution < 1.29 is 23.4 Å². The number of benzene rings is 2. The van der Waals surface area contributed by atoms with Crippen molar-refractivity contribution in [2.24, 2.45) is 0 Å². The first-order valence-corrected chi connectivity index (χ1v) is 8.64. The summed E-state index contributed by atoms with van der Waals surface area (Å²) in [4.78, 5) is 16.5. The lowest BCUT2D eigenvalue weighted by Gasteiger charge is -2.15. The molecule has 0 unspecified atom stereocenters. The first kappa shape index (κ1) is 19.9. The van der Waals surface area contributed by atoms with E-state index in [0.29, 0.717) is 34.4 Å². The van der Waals surface area contributed by atoms with Crippen LogP contribution in [-0.2, 0) is 0 Å². The highest BCUT2D eigenvalue weighted by Crippen LogP contribution is 2.40. The third-order valence-corrected chi connectivity index (χ3v) is 4.05. The Morgan fingerprint density at radius 2 is 1.66 bits per heavy atom. The summed E-state index contributed by atoms with van der Waals surface area (Å²) in [6, 6.07) is 12.4. The number of carbonyl (C=O) groups excluding carboxylic acids is 1. The highest BCUT2D eigenvalue weighted by molar-refractivity contribution is 6.04. The molecule has 29 heavy (non-hydrogen) atoms. The number of ether oxygens (including phenoxy) is 3. The van der Waals surface area contributed by atoms with Gasteiger partial charge in [0.25, 0.3) is 5.91 Å². The molecule has 1 heterocycles. The molecule has 3 aromatic rings. The molecular formula is C21H20FN3O4. The minimum atomic E-state index is -0.472. The van der Waals surface area contributed by atoms with Gasteiger partial charge in [0, 0.05) is 23.4 Å². The number of amides is 1. The molecule has 0 spiro atoms. The first-order chi connectivity index (χ1) is 14.0. The molecule has 2 aromatic carbocycles. The molecule has 1 amide bonds. The first-order valence-electron chi connectivity index (χ1n) is 8.64. The van der Waals surface area contributed by atoms with Gasteiger partial charge < -0.3 is 24.8 Å². The van der Waals surface area contributed by atoms with E-state index in [0.717, 1.165) is 0 Å². The topological polar surface area (TPSA) is 81.7 Å². The molecule has 1 aromatic heterocycles. The summed E-state index contributed by atoms with van der Waals surface area (Å²) in [7, 11) is 4.61. The fraction of sp³-hybridized carbons (Fsp3) is 0.143. The van der Waals surface area contributed by atoms with Crippen LogP contribution in [0.4, 0.5) is 21.6 Å². The fourth-order valence-corrected chi connectivity index (χ4v) is 2.68. The molecule has 0 aliphatic rings. The molecule has 0 radical (unpaired) electrons. The van der Waals surface area contributed by atoms with Crippen molar-refractivity contribution in [1.29, 1.82) is 0 Å². The van der Waals surface area contributed by atoms with Crippen molar-refractivity contribution in [2.75, 3.05) is 32.0 Å². The molecular weight excluding hydrogens is 377 g/mol. The number of anilines is 3. The quantitative estimate of drug-likeness (QED) is 0.621. The number of halogens is 1. The average molecular weight is 397 g/mol. The molecule has 0 saturated carbocycles. The molecule has 150 valence electrons. The summed E-state index contributed by atoms with van der Waals surface area (Å²) >= 11 is 0. The van der Waals surface area contributed by atoms with Crippen LogP contribution in [0.3, 0.4) is 0 Å². The Labute approximate surface area is 167 Å². The fourth-order valence-electron chi connectivity index (χ4n) is 2.68. The summed E-state index contributed by atoms with van der Waals surface area (Å²) in [5.41, 5.74) is 1.39. The second-order valence-electron chi connectivity index (χ2n) is 5.94. The Morgan fingerprint density at radius 1 is 0.931 bits per heavy atom. The van der Waals surface area contributed by atoms with Crippen LogP contribution in [0.15, 0.2) is 54.7 Å². The number of carbonyl (C=O) groups is 1. The lowest BCUT2D eigenvalue weighted by Crippen LogP contribution is -2.12. The normalized spacial score (nSPS) is 10.2. The molecule has 8 heteroatoms. The van der Waals surface area contributed by atoms with Crippen molar-refractivity contribution in [3.63, 3.8) is 0 Å². The van der Waals surface area contributed by atoms with Crippen molar-refractivity contribution in [3.8, 4) is 17.2 Å². The predicted molar refractivity (Wildman–Crippen MR) is 108 cm³/mol. The average Bonchev–Trinajstić information content (AvgIpc) is 2.74. The molecule has 3 rings (SSSR count). The Balaban J connectivity index is 1.73. The third-order valence-electron chi connectivity index (χ3n) is 4.05. The summed E-state index contributed by atoms with van der Waals surface area (Å²) < 4.78 is 29.2. The highest BCUT2D eigenvalue weighted by Gasteiger charge is 2.13. The summed E-state index contributed by atoms with van der Waals surface area (Å²) in [6.45, 7) is 0. The molecule has 0 fully saturated rings. The van der Waals surface area contributed by atoms with E-state index in [2.05, 4.69) is 15.6 Å². The van der Waals surface area contributed by atoms with Crippen LogP contribution in [0.1, 0.15) is 10.4 Å². The van der Waals surface area contributed by atoms with Gasteiger partial charge in [0.1, 0.15) is 11.6 Å². The van der Waals surface area contributed by atoms with Crippen LogP contribution in [0.2, 0.25) is 0 Å². The van der Waals surface area contributed by atoms with E-state index in [-0.39, 0.29) is 5.56 Å². The van der Waals surface area contributed by atoms with Crippen LogP contribution in [-0.4, -0.2) is 32.2 Å². The van der Waals surface area contributed by atoms with Crippen LogP contribution in [0.5, 0.6) is 17.2 Å². The van der Waals surface area contributed by atoms with E-state index >= 15 is 0 Å². The smallest absolute Gasteiger partial charge is 0.255 e. The largest absolute Gasteiger partial charge is 0.493 e. The van der Waals surface area contributed by atoms with Gasteiger partial charge in [0.15, 0.2) is 11.5 Å². The Hall–Kier alpha value is -3.81. The van der Waals surface area contributed by atoms with E-state index in [1.54, 1.807) is 24.3 Å². The van der Waals surface area contributed by atoms with Gasteiger partial charge in [-0.1, -0.05) is 6.07 Å². The van der Waals surface area contributed by atoms with Crippen LogP contribution >= 0.6 is 0 Å². The van der Waals surface area contributed by atoms with Gasteiger partial charge in [-0.3, -0.25) is 4.79 Å². The molecule has 0 aliphatic heterocycles. The molecule has 0 saturated heterocycles. The molecule has 0 aliphatic carbocycles. The molecule has 0 atom stereocenters. The van der Waals surface area contributed by atoms with Gasteiger partial charge >= 0.3 is 0 Å². The molecule has 0 bridgehead atoms. The van der Waals surface area contributed by atoms with Gasteiger partial charge in [-0.15, -0.1) is 0 Å². The zero-order valence-electron chi connectivity index (χ0n) is 16.2. The van der Waals surface area contributed by atoms with E-state index < -0.39 is 11.7 Å². The van der Waals surface area contributed by atoms with Gasteiger partial charge in [0.2, 0.25) is 5.75 Å². The highest BCUT2D eigenvalue weighted by atomic mass is 19.1. The van der Waals surface area contributed by atoms with E-state index in [1.165, 1.54) is 51.8 Å². The van der Waals surface area contributed by atoms with Gasteiger partial charge in [-0.05, 0) is 30.3 Å². The number of hydrogen-bond acceptors (Lipinski definition) is 6. The second kappa shape index (κ2) is 8.92. The minimum Gasteiger partial charge on any atom is -0.493 e. The number of hydrogen-bond donors (Lipinski definition) is 2. The maximum atomic E-state index is 13.3. The number of nitrogens with zero attached hydrogens (tertiary/aromatic N) is 1. The summed E-state index contributed by atoms with van der Waals surface area (Å²) in [6.07, 6.45) is 1.50. The van der Waals surface area contributed by atoms with Crippen molar-refractivity contribution in [3.05, 3.63) is 66.1 Å². The van der Waals surface area contributed by atoms with Crippen molar-refractivity contribution >= 4 is 23.1 Å². The predicted octanol–water partition coefficient (Wildman–Crippen LogP) is 4.24. The number of methoxy groups -OCH3 is 3. The van der Waals surface area contributed by atoms with Crippen molar-refractivity contribution in [1.82, 2.24) is 4.98 Å². The lowest BCUT2D eigenvalue weighted by molar-refractivity contribution is 0.102. The third kappa shape index (κ3) is 4.73. The Bertz CT molecular complexity index is 984. The number of rotatable bonds is 7. The zero-order valence-corrected chi connectivity index (χ0v) is 16.2. The van der Waals surface area contributed by atoms with Crippen LogP contribution < -0.4 is 24.8 Å². The summed E-state index contributed by atoms with van der Waals surface area (Å²) in [5, 5.41) is 5.81. The Morgan fingerprint density at radius 3 is 2.21 bits per heavy atom. The van der Waals surface area contributed by atoms with E-state index in [1.807, 2.05) is 0 Å². The maximum absolute atomic E-state index is 13.3. The standard InChI is InChI=1S/C21H20FN3O4/c1-27-17-10-16(11-18(28-2)20(17)29-3)24-19-8-7-15(12-23-19)25-21(26)13-5-4-6-14(22)9-13/h4-12H,1-3H3,(H,23,24)(H,25,26). The molecule has 2 N–H and O–H groups in total. The zero-order chi connectivity index (χ0) is 20.8.